The lowest BCUT2D eigenvalue weighted by Gasteiger charge is -1.91. The van der Waals surface area contributed by atoms with E-state index in [2.05, 4.69) is 13.5 Å². The number of unbranched alkanes of at least 4 members (excludes halogenated alkanes) is 4. The van der Waals surface area contributed by atoms with Gasteiger partial charge < -0.3 is 0 Å². The molecule has 0 aliphatic carbocycles. The maximum Gasteiger partial charge on any atom is -0.0353 e. The third kappa shape index (κ3) is 15.6. The second-order valence-corrected chi connectivity index (χ2v) is 2.14. The Labute approximate surface area is 63.1 Å². The van der Waals surface area contributed by atoms with Gasteiger partial charge in [0.05, 0.1) is 0 Å². The summed E-state index contributed by atoms with van der Waals surface area (Å²) in [7, 11) is 0. The standard InChI is InChI=1S/C8H16.H2O2/c1-3-5-7-8-6-4-2;1-2/h3H,1,4-8H2,2H3;1-2H. The minimum Gasteiger partial charge on any atom is -0.255 e. The molecule has 0 unspecified atom stereocenters. The largest absolute Gasteiger partial charge is 0.255 e. The summed E-state index contributed by atoms with van der Waals surface area (Å²) in [5, 5.41) is 12.0. The van der Waals surface area contributed by atoms with Crippen molar-refractivity contribution in [3.63, 3.8) is 0 Å². The summed E-state index contributed by atoms with van der Waals surface area (Å²) in [6.45, 7) is 5.89. The van der Waals surface area contributed by atoms with Gasteiger partial charge in [0.2, 0.25) is 0 Å². The third-order valence-corrected chi connectivity index (χ3v) is 1.26. The van der Waals surface area contributed by atoms with Crippen LogP contribution in [0.25, 0.3) is 0 Å². The Morgan fingerprint density at radius 3 is 2.20 bits per heavy atom. The fourth-order valence-corrected chi connectivity index (χ4v) is 0.715. The molecule has 62 valence electrons. The molecule has 0 aromatic rings. The molecule has 0 spiro atoms. The Hall–Kier alpha value is -0.340. The summed E-state index contributed by atoms with van der Waals surface area (Å²) in [5.74, 6) is 0. The van der Waals surface area contributed by atoms with E-state index in [1.54, 1.807) is 0 Å². The summed E-state index contributed by atoms with van der Waals surface area (Å²) >= 11 is 0. The molecule has 0 heterocycles. The average Bonchev–Trinajstić information content (AvgIpc) is 2.02. The Bertz CT molecular complexity index is 53.2. The first-order valence-corrected chi connectivity index (χ1v) is 3.72. The first-order valence-electron chi connectivity index (χ1n) is 3.72. The van der Waals surface area contributed by atoms with Crippen molar-refractivity contribution < 1.29 is 10.5 Å². The van der Waals surface area contributed by atoms with E-state index in [1.165, 1.54) is 32.1 Å². The summed E-state index contributed by atoms with van der Waals surface area (Å²) in [4.78, 5) is 0. The lowest BCUT2D eigenvalue weighted by atomic mass is 10.2. The van der Waals surface area contributed by atoms with Crippen molar-refractivity contribution >= 4 is 0 Å². The van der Waals surface area contributed by atoms with Crippen LogP contribution < -0.4 is 0 Å². The number of rotatable bonds is 5. The predicted octanol–water partition coefficient (Wildman–Crippen LogP) is 3.16. The topological polar surface area (TPSA) is 40.5 Å². The van der Waals surface area contributed by atoms with Gasteiger partial charge in [-0.05, 0) is 12.8 Å². The highest BCUT2D eigenvalue weighted by Crippen LogP contribution is 2.01. The molecule has 0 amide bonds. The van der Waals surface area contributed by atoms with Crippen LogP contribution in [0.4, 0.5) is 0 Å². The highest BCUT2D eigenvalue weighted by molar-refractivity contribution is 4.64. The highest BCUT2D eigenvalue weighted by Gasteiger charge is 1.81. The van der Waals surface area contributed by atoms with Crippen LogP contribution in [0.3, 0.4) is 0 Å². The van der Waals surface area contributed by atoms with Gasteiger partial charge in [0.1, 0.15) is 0 Å². The average molecular weight is 146 g/mol. The molecule has 0 saturated carbocycles. The van der Waals surface area contributed by atoms with Crippen molar-refractivity contribution in [2.24, 2.45) is 0 Å². The lowest BCUT2D eigenvalue weighted by Crippen LogP contribution is -1.71. The fourth-order valence-electron chi connectivity index (χ4n) is 0.715. The zero-order valence-electron chi connectivity index (χ0n) is 6.71. The van der Waals surface area contributed by atoms with Gasteiger partial charge in [-0.15, -0.1) is 6.58 Å². The van der Waals surface area contributed by atoms with E-state index in [0.29, 0.717) is 0 Å². The number of hydrogen-bond acceptors (Lipinski definition) is 2. The zero-order chi connectivity index (χ0) is 8.24. The van der Waals surface area contributed by atoms with Crippen molar-refractivity contribution in [2.75, 3.05) is 0 Å². The molecule has 2 N–H and O–H groups in total. The molecule has 2 heteroatoms. The quantitative estimate of drug-likeness (QED) is 0.271. The van der Waals surface area contributed by atoms with Gasteiger partial charge in [-0.25, -0.2) is 0 Å². The predicted molar refractivity (Wildman–Crippen MR) is 44.2 cm³/mol. The minimum atomic E-state index is 1.19. The molecule has 10 heavy (non-hydrogen) atoms. The number of hydrogen-bond donors (Lipinski definition) is 2. The number of allylic oxidation sites excluding steroid dienone is 1. The van der Waals surface area contributed by atoms with E-state index in [-0.39, 0.29) is 0 Å². The summed E-state index contributed by atoms with van der Waals surface area (Å²) in [6.07, 6.45) is 8.61. The molecule has 0 aromatic heterocycles. The van der Waals surface area contributed by atoms with E-state index in [1.807, 2.05) is 6.08 Å². The van der Waals surface area contributed by atoms with Crippen molar-refractivity contribution in [2.45, 2.75) is 39.0 Å². The van der Waals surface area contributed by atoms with Crippen LogP contribution in [-0.4, -0.2) is 10.5 Å². The van der Waals surface area contributed by atoms with Crippen molar-refractivity contribution in [3.8, 4) is 0 Å². The Balaban J connectivity index is 0. The van der Waals surface area contributed by atoms with E-state index in [9.17, 15) is 0 Å². The van der Waals surface area contributed by atoms with E-state index >= 15 is 0 Å². The monoisotopic (exact) mass is 146 g/mol. The molecule has 0 saturated heterocycles. The first kappa shape index (κ1) is 12.3. The lowest BCUT2D eigenvalue weighted by molar-refractivity contribution is -0.176. The third-order valence-electron chi connectivity index (χ3n) is 1.26. The van der Waals surface area contributed by atoms with Crippen LogP contribution in [0.15, 0.2) is 12.7 Å². The fraction of sp³-hybridized carbons (Fsp3) is 0.750. The Morgan fingerprint density at radius 1 is 1.20 bits per heavy atom. The second-order valence-electron chi connectivity index (χ2n) is 2.14. The van der Waals surface area contributed by atoms with E-state index in [4.69, 9.17) is 10.5 Å². The molecule has 0 atom stereocenters. The van der Waals surface area contributed by atoms with E-state index in [0.717, 1.165) is 0 Å². The van der Waals surface area contributed by atoms with Gasteiger partial charge in [0.25, 0.3) is 0 Å². The van der Waals surface area contributed by atoms with Crippen LogP contribution in [0.5, 0.6) is 0 Å². The SMILES string of the molecule is C=CCCCCCC.OO. The molecular formula is C8H18O2. The van der Waals surface area contributed by atoms with Crippen LogP contribution in [0.2, 0.25) is 0 Å². The Kier molecular flexibility index (Phi) is 19.6. The molecule has 0 radical (unpaired) electrons. The molecule has 0 aliphatic rings. The molecule has 2 nitrogen and oxygen atoms in total. The second kappa shape index (κ2) is 15.9. The molecule has 0 bridgehead atoms. The minimum absolute atomic E-state index is 1.19. The smallest absolute Gasteiger partial charge is 0.0353 e. The molecular weight excluding hydrogens is 128 g/mol. The molecule has 0 fully saturated rings. The van der Waals surface area contributed by atoms with Crippen LogP contribution in [-0.2, 0) is 0 Å². The summed E-state index contributed by atoms with van der Waals surface area (Å²) in [6, 6.07) is 0. The summed E-state index contributed by atoms with van der Waals surface area (Å²) in [5.41, 5.74) is 0. The van der Waals surface area contributed by atoms with Crippen molar-refractivity contribution in [1.29, 1.82) is 0 Å². The maximum atomic E-state index is 6.00. The molecule has 0 aromatic carbocycles. The maximum absolute atomic E-state index is 6.00. The van der Waals surface area contributed by atoms with Crippen molar-refractivity contribution in [1.82, 2.24) is 0 Å². The van der Waals surface area contributed by atoms with E-state index < -0.39 is 0 Å². The highest BCUT2D eigenvalue weighted by atomic mass is 17.0. The summed E-state index contributed by atoms with van der Waals surface area (Å²) < 4.78 is 0. The van der Waals surface area contributed by atoms with Gasteiger partial charge in [-0.3, -0.25) is 10.5 Å². The van der Waals surface area contributed by atoms with Gasteiger partial charge >= 0.3 is 0 Å². The zero-order valence-corrected chi connectivity index (χ0v) is 6.71. The Morgan fingerprint density at radius 2 is 1.80 bits per heavy atom. The van der Waals surface area contributed by atoms with Gasteiger partial charge in [-0.1, -0.05) is 32.3 Å². The van der Waals surface area contributed by atoms with Crippen LogP contribution in [0.1, 0.15) is 39.0 Å². The molecule has 0 aliphatic heterocycles. The van der Waals surface area contributed by atoms with Gasteiger partial charge in [-0.2, -0.15) is 0 Å². The molecule has 0 rings (SSSR count). The first-order chi connectivity index (χ1) is 4.91. The van der Waals surface area contributed by atoms with Crippen LogP contribution in [0, 0.1) is 0 Å². The van der Waals surface area contributed by atoms with Crippen molar-refractivity contribution in [3.05, 3.63) is 12.7 Å². The van der Waals surface area contributed by atoms with Gasteiger partial charge in [0, 0.05) is 0 Å². The van der Waals surface area contributed by atoms with Crippen LogP contribution >= 0.6 is 0 Å². The normalized spacial score (nSPS) is 7.90. The van der Waals surface area contributed by atoms with Gasteiger partial charge in [0.15, 0.2) is 0 Å².